The Balaban J connectivity index is 1.47. The normalized spacial score (nSPS) is 24.1. The largest absolute Gasteiger partial charge is 0.379 e. The summed E-state index contributed by atoms with van der Waals surface area (Å²) in [6.07, 6.45) is 7.27. The molecule has 1 aromatic heterocycles. The molecule has 6 nitrogen and oxygen atoms in total. The number of carbonyl (C=O) groups excluding carboxylic acids is 2. The van der Waals surface area contributed by atoms with E-state index in [1.807, 2.05) is 17.3 Å². The molecule has 0 N–H and O–H groups in total. The number of hydrogen-bond donors (Lipinski definition) is 0. The molecule has 142 valence electrons. The number of pyridine rings is 1. The number of methoxy groups -OCH3 is 1. The van der Waals surface area contributed by atoms with Gasteiger partial charge in [-0.15, -0.1) is 0 Å². The maximum atomic E-state index is 12.7. The highest BCUT2D eigenvalue weighted by Crippen LogP contribution is 2.26. The Morgan fingerprint density at radius 3 is 2.46 bits per heavy atom. The molecular weight excluding hydrogens is 330 g/mol. The van der Waals surface area contributed by atoms with Gasteiger partial charge < -0.3 is 14.5 Å². The first-order chi connectivity index (χ1) is 12.6. The molecule has 3 rings (SSSR count). The van der Waals surface area contributed by atoms with E-state index in [2.05, 4.69) is 17.1 Å². The molecule has 2 aliphatic heterocycles. The number of aromatic nitrogens is 1. The topological polar surface area (TPSA) is 62.7 Å². The molecule has 1 aromatic rings. The zero-order valence-electron chi connectivity index (χ0n) is 15.8. The highest BCUT2D eigenvalue weighted by atomic mass is 16.5. The second kappa shape index (κ2) is 8.62. The van der Waals surface area contributed by atoms with E-state index in [9.17, 15) is 9.59 Å². The van der Waals surface area contributed by atoms with Crippen LogP contribution in [-0.2, 0) is 20.7 Å². The maximum Gasteiger partial charge on any atom is 0.223 e. The van der Waals surface area contributed by atoms with Crippen LogP contribution in [0.2, 0.25) is 0 Å². The van der Waals surface area contributed by atoms with Gasteiger partial charge in [0.1, 0.15) is 0 Å². The lowest BCUT2D eigenvalue weighted by molar-refractivity contribution is -0.134. The standard InChI is InChI=1S/C20H29N3O3/c1-15(24)23-13-18(19(14-23)26-2)12-20(25)22-9-5-17(6-10-22)11-16-3-7-21-8-4-16/h3-4,7-8,17-19H,5-6,9-14H2,1-2H3/t18-,19-/m0/s1. The van der Waals surface area contributed by atoms with Gasteiger partial charge in [-0.2, -0.15) is 0 Å². The van der Waals surface area contributed by atoms with Crippen molar-refractivity contribution in [3.8, 4) is 0 Å². The van der Waals surface area contributed by atoms with E-state index in [1.54, 1.807) is 18.9 Å². The molecule has 26 heavy (non-hydrogen) atoms. The van der Waals surface area contributed by atoms with Crippen molar-refractivity contribution in [3.63, 3.8) is 0 Å². The SMILES string of the molecule is CO[C@H]1CN(C(C)=O)C[C@@H]1CC(=O)N1CCC(Cc2ccncc2)CC1. The number of piperidine rings is 1. The van der Waals surface area contributed by atoms with Crippen LogP contribution in [0.1, 0.15) is 31.7 Å². The second-order valence-corrected chi connectivity index (χ2v) is 7.55. The minimum atomic E-state index is -0.0351. The molecule has 0 unspecified atom stereocenters. The zero-order valence-corrected chi connectivity index (χ0v) is 15.8. The number of nitrogens with zero attached hydrogens (tertiary/aromatic N) is 3. The van der Waals surface area contributed by atoms with Gasteiger partial charge in [0.15, 0.2) is 0 Å². The summed E-state index contributed by atoms with van der Waals surface area (Å²) in [6.45, 7) is 4.45. The van der Waals surface area contributed by atoms with E-state index in [1.165, 1.54) is 5.56 Å². The van der Waals surface area contributed by atoms with Crippen molar-refractivity contribution < 1.29 is 14.3 Å². The van der Waals surface area contributed by atoms with Crippen molar-refractivity contribution in [2.75, 3.05) is 33.3 Å². The summed E-state index contributed by atoms with van der Waals surface area (Å²) in [5.41, 5.74) is 1.32. The average molecular weight is 359 g/mol. The Labute approximate surface area is 155 Å². The van der Waals surface area contributed by atoms with E-state index < -0.39 is 0 Å². The van der Waals surface area contributed by atoms with Crippen molar-refractivity contribution in [2.45, 2.75) is 38.7 Å². The fraction of sp³-hybridized carbons (Fsp3) is 0.650. The summed E-state index contributed by atoms with van der Waals surface area (Å²) in [7, 11) is 1.66. The maximum absolute atomic E-state index is 12.7. The summed E-state index contributed by atoms with van der Waals surface area (Å²) < 4.78 is 5.51. The molecule has 2 atom stereocenters. The van der Waals surface area contributed by atoms with Crippen LogP contribution in [0, 0.1) is 11.8 Å². The molecule has 0 bridgehead atoms. The van der Waals surface area contributed by atoms with Crippen molar-refractivity contribution in [2.24, 2.45) is 11.8 Å². The number of amides is 2. The molecule has 0 saturated carbocycles. The van der Waals surface area contributed by atoms with Crippen LogP contribution in [0.5, 0.6) is 0 Å². The Morgan fingerprint density at radius 1 is 1.15 bits per heavy atom. The van der Waals surface area contributed by atoms with Gasteiger partial charge in [-0.1, -0.05) is 0 Å². The quantitative estimate of drug-likeness (QED) is 0.803. The first-order valence-electron chi connectivity index (χ1n) is 9.51. The van der Waals surface area contributed by atoms with E-state index in [4.69, 9.17) is 4.74 Å². The lowest BCUT2D eigenvalue weighted by atomic mass is 9.90. The van der Waals surface area contributed by atoms with Gasteiger partial charge in [0, 0.05) is 64.9 Å². The van der Waals surface area contributed by atoms with Gasteiger partial charge >= 0.3 is 0 Å². The average Bonchev–Trinajstić information content (AvgIpc) is 3.06. The van der Waals surface area contributed by atoms with Crippen molar-refractivity contribution in [1.29, 1.82) is 0 Å². The smallest absolute Gasteiger partial charge is 0.223 e. The minimum absolute atomic E-state index is 0.0351. The molecule has 0 aromatic carbocycles. The van der Waals surface area contributed by atoms with Crippen LogP contribution in [0.4, 0.5) is 0 Å². The molecule has 2 amide bonds. The van der Waals surface area contributed by atoms with Gasteiger partial charge in [-0.3, -0.25) is 14.6 Å². The Morgan fingerprint density at radius 2 is 1.85 bits per heavy atom. The molecule has 2 fully saturated rings. The molecular formula is C20H29N3O3. The van der Waals surface area contributed by atoms with Crippen LogP contribution >= 0.6 is 0 Å². The van der Waals surface area contributed by atoms with Crippen LogP contribution in [0.3, 0.4) is 0 Å². The van der Waals surface area contributed by atoms with Gasteiger partial charge in [0.2, 0.25) is 11.8 Å². The van der Waals surface area contributed by atoms with E-state index in [0.29, 0.717) is 25.4 Å². The monoisotopic (exact) mass is 359 g/mol. The second-order valence-electron chi connectivity index (χ2n) is 7.55. The van der Waals surface area contributed by atoms with Crippen LogP contribution < -0.4 is 0 Å². The van der Waals surface area contributed by atoms with Gasteiger partial charge in [-0.05, 0) is 42.9 Å². The lowest BCUT2D eigenvalue weighted by Crippen LogP contribution is -2.40. The van der Waals surface area contributed by atoms with Crippen LogP contribution in [0.25, 0.3) is 0 Å². The number of carbonyl (C=O) groups is 2. The number of likely N-dealkylation sites (tertiary alicyclic amines) is 2. The fourth-order valence-electron chi connectivity index (χ4n) is 4.15. The molecule has 6 heteroatoms. The fourth-order valence-corrected chi connectivity index (χ4v) is 4.15. The summed E-state index contributed by atoms with van der Waals surface area (Å²) in [6, 6.07) is 4.15. The molecule has 2 aliphatic rings. The number of hydrogen-bond acceptors (Lipinski definition) is 4. The Hall–Kier alpha value is -1.95. The van der Waals surface area contributed by atoms with Crippen LogP contribution in [-0.4, -0.2) is 66.0 Å². The zero-order chi connectivity index (χ0) is 18.5. The van der Waals surface area contributed by atoms with Crippen LogP contribution in [0.15, 0.2) is 24.5 Å². The molecule has 0 aliphatic carbocycles. The molecule has 3 heterocycles. The predicted octanol–water partition coefficient (Wildman–Crippen LogP) is 1.75. The summed E-state index contributed by atoms with van der Waals surface area (Å²) in [5.74, 6) is 0.988. The minimum Gasteiger partial charge on any atom is -0.379 e. The first kappa shape index (κ1) is 18.8. The Kier molecular flexibility index (Phi) is 6.25. The van der Waals surface area contributed by atoms with Gasteiger partial charge in [0.05, 0.1) is 6.10 Å². The van der Waals surface area contributed by atoms with Gasteiger partial charge in [-0.25, -0.2) is 0 Å². The van der Waals surface area contributed by atoms with Gasteiger partial charge in [0.25, 0.3) is 0 Å². The molecule has 0 radical (unpaired) electrons. The van der Waals surface area contributed by atoms with Crippen molar-refractivity contribution in [1.82, 2.24) is 14.8 Å². The third-order valence-electron chi connectivity index (χ3n) is 5.81. The van der Waals surface area contributed by atoms with Crippen molar-refractivity contribution >= 4 is 11.8 Å². The third-order valence-corrected chi connectivity index (χ3v) is 5.81. The molecule has 2 saturated heterocycles. The van der Waals surface area contributed by atoms with E-state index in [0.717, 1.165) is 32.4 Å². The van der Waals surface area contributed by atoms with E-state index >= 15 is 0 Å². The summed E-state index contributed by atoms with van der Waals surface area (Å²) in [5, 5.41) is 0. The first-order valence-corrected chi connectivity index (χ1v) is 9.51. The third kappa shape index (κ3) is 4.61. The number of rotatable bonds is 5. The highest BCUT2D eigenvalue weighted by Gasteiger charge is 2.36. The van der Waals surface area contributed by atoms with Crippen molar-refractivity contribution in [3.05, 3.63) is 30.1 Å². The predicted molar refractivity (Wildman–Crippen MR) is 98.4 cm³/mol. The lowest BCUT2D eigenvalue weighted by Gasteiger charge is -2.33. The summed E-state index contributed by atoms with van der Waals surface area (Å²) >= 11 is 0. The number of ether oxygens (including phenoxy) is 1. The molecule has 0 spiro atoms. The Bertz CT molecular complexity index is 614. The summed E-state index contributed by atoms with van der Waals surface area (Å²) in [4.78, 5) is 32.2. The van der Waals surface area contributed by atoms with E-state index in [-0.39, 0.29) is 23.8 Å². The highest BCUT2D eigenvalue weighted by molar-refractivity contribution is 5.77.